The summed E-state index contributed by atoms with van der Waals surface area (Å²) >= 11 is -2.32. The van der Waals surface area contributed by atoms with Gasteiger partial charge in [0.15, 0.2) is 0 Å². The molecule has 2 aromatic rings. The van der Waals surface area contributed by atoms with Crippen LogP contribution in [0.4, 0.5) is 0 Å². The topological polar surface area (TPSA) is 66.4 Å². The van der Waals surface area contributed by atoms with Crippen molar-refractivity contribution in [2.45, 2.75) is 17.7 Å². The molecule has 0 heterocycles. The lowest BCUT2D eigenvalue weighted by molar-refractivity contribution is 0.0600. The standard InChI is InChI=1S/C18H16O4S/c1-22-18(19)13-10-9-12-5-4-7-14(16(12)11-13)15-6-2-3-8-17(15)23(20)21/h2-3,6-11H,4-5H2,1H3,(H,20,21)/p-1. The minimum absolute atomic E-state index is 0.259. The lowest BCUT2D eigenvalue weighted by Gasteiger charge is -2.21. The number of aryl methyl sites for hydroxylation is 1. The third kappa shape index (κ3) is 2.98. The second-order valence-electron chi connectivity index (χ2n) is 5.25. The van der Waals surface area contributed by atoms with E-state index in [-0.39, 0.29) is 4.90 Å². The van der Waals surface area contributed by atoms with Crippen molar-refractivity contribution < 1.29 is 18.3 Å². The second-order valence-corrected chi connectivity index (χ2v) is 6.16. The Labute approximate surface area is 137 Å². The highest BCUT2D eigenvalue weighted by molar-refractivity contribution is 7.79. The van der Waals surface area contributed by atoms with E-state index in [1.54, 1.807) is 30.3 Å². The summed E-state index contributed by atoms with van der Waals surface area (Å²) in [7, 11) is 1.34. The van der Waals surface area contributed by atoms with Gasteiger partial charge >= 0.3 is 5.97 Å². The highest BCUT2D eigenvalue weighted by Crippen LogP contribution is 2.34. The number of hydrogen-bond acceptors (Lipinski definition) is 4. The van der Waals surface area contributed by atoms with Crippen LogP contribution >= 0.6 is 0 Å². The van der Waals surface area contributed by atoms with Gasteiger partial charge in [0.2, 0.25) is 0 Å². The summed E-state index contributed by atoms with van der Waals surface area (Å²) < 4.78 is 27.8. The molecule has 4 nitrogen and oxygen atoms in total. The minimum atomic E-state index is -2.32. The molecule has 1 unspecified atom stereocenters. The molecule has 1 atom stereocenters. The summed E-state index contributed by atoms with van der Waals surface area (Å²) in [5.74, 6) is -0.404. The maximum absolute atomic E-state index is 11.8. The van der Waals surface area contributed by atoms with Crippen LogP contribution in [-0.4, -0.2) is 21.8 Å². The Kier molecular flexibility index (Phi) is 4.41. The normalized spacial score (nSPS) is 14.6. The molecule has 0 radical (unpaired) electrons. The second kappa shape index (κ2) is 6.48. The van der Waals surface area contributed by atoms with E-state index in [0.29, 0.717) is 11.1 Å². The summed E-state index contributed by atoms with van der Waals surface area (Å²) in [6.45, 7) is 0. The Balaban J connectivity index is 2.16. The molecular weight excluding hydrogens is 312 g/mol. The van der Waals surface area contributed by atoms with E-state index < -0.39 is 17.0 Å². The Morgan fingerprint density at radius 2 is 1.96 bits per heavy atom. The molecule has 2 aromatic carbocycles. The van der Waals surface area contributed by atoms with Gasteiger partial charge < -0.3 is 9.29 Å². The van der Waals surface area contributed by atoms with Gasteiger partial charge in [-0.3, -0.25) is 4.21 Å². The van der Waals surface area contributed by atoms with Crippen LogP contribution in [0.3, 0.4) is 0 Å². The number of fused-ring (bicyclic) bond motifs is 1. The van der Waals surface area contributed by atoms with Crippen molar-refractivity contribution in [3.8, 4) is 0 Å². The number of carbonyl (C=O) groups excluding carboxylic acids is 1. The molecule has 0 fully saturated rings. The Morgan fingerprint density at radius 3 is 2.70 bits per heavy atom. The van der Waals surface area contributed by atoms with Gasteiger partial charge in [-0.25, -0.2) is 4.79 Å². The summed E-state index contributed by atoms with van der Waals surface area (Å²) in [4.78, 5) is 12.0. The molecular formula is C18H15O4S-. The first-order valence-corrected chi connectivity index (χ1v) is 8.29. The van der Waals surface area contributed by atoms with E-state index in [2.05, 4.69) is 0 Å². The Hall–Kier alpha value is -2.24. The van der Waals surface area contributed by atoms with Crippen LogP contribution in [0.2, 0.25) is 0 Å². The van der Waals surface area contributed by atoms with Crippen molar-refractivity contribution >= 4 is 22.6 Å². The molecule has 5 heteroatoms. The molecule has 1 aliphatic carbocycles. The Bertz CT molecular complexity index is 824. The van der Waals surface area contributed by atoms with Crippen molar-refractivity contribution in [2.75, 3.05) is 7.11 Å². The third-order valence-corrected chi connectivity index (χ3v) is 4.66. The number of carbonyl (C=O) groups is 1. The lowest BCUT2D eigenvalue weighted by Crippen LogP contribution is -2.07. The molecule has 0 saturated heterocycles. The zero-order chi connectivity index (χ0) is 16.4. The molecule has 118 valence electrons. The average molecular weight is 327 g/mol. The first-order valence-electron chi connectivity index (χ1n) is 7.22. The molecule has 0 bridgehead atoms. The number of ether oxygens (including phenoxy) is 1. The van der Waals surface area contributed by atoms with Gasteiger partial charge in [0.25, 0.3) is 0 Å². The van der Waals surface area contributed by atoms with Gasteiger partial charge in [0, 0.05) is 4.90 Å². The van der Waals surface area contributed by atoms with Crippen LogP contribution < -0.4 is 0 Å². The quantitative estimate of drug-likeness (QED) is 0.642. The average Bonchev–Trinajstić information content (AvgIpc) is 2.60. The first-order chi connectivity index (χ1) is 11.1. The number of hydrogen-bond donors (Lipinski definition) is 0. The van der Waals surface area contributed by atoms with Crippen LogP contribution in [0.25, 0.3) is 5.57 Å². The molecule has 0 saturated carbocycles. The third-order valence-electron chi connectivity index (χ3n) is 3.94. The molecule has 3 rings (SSSR count). The van der Waals surface area contributed by atoms with Crippen molar-refractivity contribution in [3.05, 3.63) is 70.8 Å². The minimum Gasteiger partial charge on any atom is -0.768 e. The van der Waals surface area contributed by atoms with Gasteiger partial charge in [0.1, 0.15) is 0 Å². The summed E-state index contributed by atoms with van der Waals surface area (Å²) in [6, 6.07) is 12.3. The van der Waals surface area contributed by atoms with Gasteiger partial charge in [0.05, 0.1) is 12.7 Å². The van der Waals surface area contributed by atoms with Gasteiger partial charge in [-0.05, 0) is 64.4 Å². The first kappa shape index (κ1) is 15.6. The van der Waals surface area contributed by atoms with Crippen molar-refractivity contribution in [1.82, 2.24) is 0 Å². The zero-order valence-corrected chi connectivity index (χ0v) is 13.4. The van der Waals surface area contributed by atoms with E-state index in [1.807, 2.05) is 18.2 Å². The van der Waals surface area contributed by atoms with E-state index in [9.17, 15) is 13.6 Å². The molecule has 0 aromatic heterocycles. The molecule has 1 aliphatic rings. The van der Waals surface area contributed by atoms with E-state index in [0.717, 1.165) is 29.5 Å². The fourth-order valence-electron chi connectivity index (χ4n) is 2.86. The smallest absolute Gasteiger partial charge is 0.337 e. The lowest BCUT2D eigenvalue weighted by atomic mass is 9.86. The number of esters is 1. The number of benzene rings is 2. The fraction of sp³-hybridized carbons (Fsp3) is 0.167. The van der Waals surface area contributed by atoms with E-state index in [1.165, 1.54) is 7.11 Å². The zero-order valence-electron chi connectivity index (χ0n) is 12.6. The molecule has 0 spiro atoms. The van der Waals surface area contributed by atoms with Gasteiger partial charge in [-0.1, -0.05) is 30.3 Å². The monoisotopic (exact) mass is 327 g/mol. The van der Waals surface area contributed by atoms with Crippen LogP contribution in [0, 0.1) is 0 Å². The number of methoxy groups -OCH3 is 1. The number of rotatable bonds is 3. The van der Waals surface area contributed by atoms with Crippen LogP contribution in [-0.2, 0) is 22.2 Å². The van der Waals surface area contributed by atoms with Crippen LogP contribution in [0.5, 0.6) is 0 Å². The SMILES string of the molecule is COC(=O)c1ccc2c(c1)C(c1ccccc1S(=O)[O-])=CCC2. The van der Waals surface area contributed by atoms with E-state index >= 15 is 0 Å². The predicted octanol–water partition coefficient (Wildman–Crippen LogP) is 3.09. The number of allylic oxidation sites excluding steroid dienone is 1. The highest BCUT2D eigenvalue weighted by Gasteiger charge is 2.19. The molecule has 0 N–H and O–H groups in total. The van der Waals surface area contributed by atoms with Crippen LogP contribution in [0.15, 0.2) is 53.4 Å². The summed E-state index contributed by atoms with van der Waals surface area (Å²) in [5, 5.41) is 0. The summed E-state index contributed by atoms with van der Waals surface area (Å²) in [6.07, 6.45) is 3.72. The van der Waals surface area contributed by atoms with Crippen molar-refractivity contribution in [2.24, 2.45) is 0 Å². The van der Waals surface area contributed by atoms with Gasteiger partial charge in [-0.15, -0.1) is 0 Å². The van der Waals surface area contributed by atoms with Crippen molar-refractivity contribution in [1.29, 1.82) is 0 Å². The predicted molar refractivity (Wildman–Crippen MR) is 86.8 cm³/mol. The summed E-state index contributed by atoms with van der Waals surface area (Å²) in [5.41, 5.74) is 3.94. The maximum atomic E-state index is 11.8. The maximum Gasteiger partial charge on any atom is 0.337 e. The molecule has 0 amide bonds. The highest BCUT2D eigenvalue weighted by atomic mass is 32.2. The fourth-order valence-corrected chi connectivity index (χ4v) is 3.41. The van der Waals surface area contributed by atoms with Crippen LogP contribution in [0.1, 0.15) is 33.5 Å². The van der Waals surface area contributed by atoms with E-state index in [4.69, 9.17) is 4.74 Å². The van der Waals surface area contributed by atoms with Crippen molar-refractivity contribution in [3.63, 3.8) is 0 Å². The van der Waals surface area contributed by atoms with Gasteiger partial charge in [-0.2, -0.15) is 0 Å². The Morgan fingerprint density at radius 1 is 1.17 bits per heavy atom. The molecule has 0 aliphatic heterocycles. The largest absolute Gasteiger partial charge is 0.768 e. The molecule has 23 heavy (non-hydrogen) atoms.